The second-order valence-corrected chi connectivity index (χ2v) is 3.47. The number of nitrogens with zero attached hydrogens (tertiary/aromatic N) is 2. The van der Waals surface area contributed by atoms with E-state index in [0.717, 1.165) is 0 Å². The molecule has 0 amide bonds. The van der Waals surface area contributed by atoms with E-state index in [1.807, 2.05) is 0 Å². The van der Waals surface area contributed by atoms with Crippen molar-refractivity contribution in [2.75, 3.05) is 0 Å². The van der Waals surface area contributed by atoms with Crippen LogP contribution in [-0.2, 0) is 6.61 Å². The third-order valence-corrected chi connectivity index (χ3v) is 2.17. The van der Waals surface area contributed by atoms with E-state index in [4.69, 9.17) is 5.11 Å². The normalized spacial score (nSPS) is 11.6. The lowest BCUT2D eigenvalue weighted by molar-refractivity contribution is -0.274. The molecule has 0 aliphatic rings. The fourth-order valence-electron chi connectivity index (χ4n) is 1.41. The van der Waals surface area contributed by atoms with E-state index in [1.165, 1.54) is 30.6 Å². The minimum atomic E-state index is -4.69. The maximum absolute atomic E-state index is 11.9. The Morgan fingerprint density at radius 2 is 1.89 bits per heavy atom. The van der Waals surface area contributed by atoms with Gasteiger partial charge >= 0.3 is 6.36 Å². The molecule has 0 atom stereocenters. The number of halogens is 3. The van der Waals surface area contributed by atoms with Gasteiger partial charge in [0.25, 0.3) is 0 Å². The quantitative estimate of drug-likeness (QED) is 0.918. The van der Waals surface area contributed by atoms with Crippen molar-refractivity contribution in [2.24, 2.45) is 0 Å². The van der Waals surface area contributed by atoms with Gasteiger partial charge in [0, 0.05) is 11.9 Å². The zero-order valence-electron chi connectivity index (χ0n) is 9.05. The Morgan fingerprint density at radius 1 is 1.22 bits per heavy atom. The summed E-state index contributed by atoms with van der Waals surface area (Å²) in [6, 6.07) is 5.34. The number of rotatable bonds is 3. The summed E-state index contributed by atoms with van der Waals surface area (Å²) in [5, 5.41) is 8.85. The molecule has 0 spiro atoms. The van der Waals surface area contributed by atoms with Gasteiger partial charge in [0.05, 0.1) is 18.6 Å². The van der Waals surface area contributed by atoms with Crippen molar-refractivity contribution >= 4 is 0 Å². The number of alkyl halides is 3. The van der Waals surface area contributed by atoms with E-state index in [1.54, 1.807) is 10.8 Å². The van der Waals surface area contributed by atoms with Gasteiger partial charge < -0.3 is 14.4 Å². The van der Waals surface area contributed by atoms with E-state index < -0.39 is 6.36 Å². The second kappa shape index (κ2) is 4.69. The average Bonchev–Trinajstić information content (AvgIpc) is 2.76. The van der Waals surface area contributed by atoms with Gasteiger partial charge in [-0.15, -0.1) is 13.2 Å². The fourth-order valence-corrected chi connectivity index (χ4v) is 1.41. The first-order chi connectivity index (χ1) is 8.48. The third kappa shape index (κ3) is 3.01. The predicted octanol–water partition coefficient (Wildman–Crippen LogP) is 2.26. The van der Waals surface area contributed by atoms with Crippen LogP contribution in [0, 0.1) is 0 Å². The van der Waals surface area contributed by atoms with Gasteiger partial charge in [-0.1, -0.05) is 0 Å². The lowest BCUT2D eigenvalue weighted by atomic mass is 10.3. The van der Waals surface area contributed by atoms with Crippen molar-refractivity contribution in [2.45, 2.75) is 13.0 Å². The van der Waals surface area contributed by atoms with Gasteiger partial charge in [-0.2, -0.15) is 0 Å². The first-order valence-corrected chi connectivity index (χ1v) is 4.98. The molecule has 0 radical (unpaired) electrons. The van der Waals surface area contributed by atoms with Crippen molar-refractivity contribution < 1.29 is 23.0 Å². The Labute approximate surface area is 100 Å². The van der Waals surface area contributed by atoms with Crippen molar-refractivity contribution in [1.29, 1.82) is 0 Å². The number of aliphatic hydroxyl groups excluding tert-OH is 1. The van der Waals surface area contributed by atoms with Crippen molar-refractivity contribution in [1.82, 2.24) is 9.55 Å². The molecule has 2 rings (SSSR count). The van der Waals surface area contributed by atoms with Crippen LogP contribution in [0.5, 0.6) is 5.75 Å². The molecule has 7 heteroatoms. The second-order valence-electron chi connectivity index (χ2n) is 3.47. The van der Waals surface area contributed by atoms with Crippen molar-refractivity contribution in [3.63, 3.8) is 0 Å². The topological polar surface area (TPSA) is 47.3 Å². The van der Waals surface area contributed by atoms with Crippen LogP contribution in [-0.4, -0.2) is 21.0 Å². The monoisotopic (exact) mass is 258 g/mol. The molecule has 0 unspecified atom stereocenters. The summed E-state index contributed by atoms with van der Waals surface area (Å²) in [6.07, 6.45) is -1.65. The zero-order valence-corrected chi connectivity index (χ0v) is 9.05. The lowest BCUT2D eigenvalue weighted by Gasteiger charge is -2.09. The number of hydrogen-bond donors (Lipinski definition) is 1. The Bertz CT molecular complexity index is 520. The largest absolute Gasteiger partial charge is 0.573 e. The molecule has 18 heavy (non-hydrogen) atoms. The number of ether oxygens (including phenoxy) is 1. The summed E-state index contributed by atoms with van der Waals surface area (Å²) in [5.41, 5.74) is 1.10. The minimum Gasteiger partial charge on any atom is -0.406 e. The van der Waals surface area contributed by atoms with Gasteiger partial charge in [0.15, 0.2) is 0 Å². The molecule has 1 aromatic heterocycles. The molecule has 1 heterocycles. The molecule has 96 valence electrons. The van der Waals surface area contributed by atoms with Crippen LogP contribution in [0.25, 0.3) is 5.69 Å². The summed E-state index contributed by atoms with van der Waals surface area (Å²) in [7, 11) is 0. The summed E-state index contributed by atoms with van der Waals surface area (Å²) in [5.74, 6) is -0.284. The van der Waals surface area contributed by atoms with Crippen LogP contribution in [0.2, 0.25) is 0 Å². The number of imidazole rings is 1. The standard InChI is InChI=1S/C11H9F3N2O2/c12-11(13,14)18-10-3-1-9(2-4-10)16-5-8(6-17)15-7-16/h1-5,7,17H,6H2. The molecule has 4 nitrogen and oxygen atoms in total. The van der Waals surface area contributed by atoms with Crippen LogP contribution in [0.1, 0.15) is 5.69 Å². The zero-order chi connectivity index (χ0) is 13.2. The SMILES string of the molecule is OCc1cn(-c2ccc(OC(F)(F)F)cc2)cn1. The molecular weight excluding hydrogens is 249 g/mol. The highest BCUT2D eigenvalue weighted by Crippen LogP contribution is 2.23. The number of aromatic nitrogens is 2. The van der Waals surface area contributed by atoms with Gasteiger partial charge in [-0.05, 0) is 24.3 Å². The van der Waals surface area contributed by atoms with Crippen LogP contribution in [0.4, 0.5) is 13.2 Å². The number of hydrogen-bond acceptors (Lipinski definition) is 3. The van der Waals surface area contributed by atoms with Gasteiger partial charge in [-0.25, -0.2) is 4.98 Å². The highest BCUT2D eigenvalue weighted by atomic mass is 19.4. The first kappa shape index (κ1) is 12.4. The maximum Gasteiger partial charge on any atom is 0.573 e. The summed E-state index contributed by atoms with van der Waals surface area (Å²) in [4.78, 5) is 3.89. The van der Waals surface area contributed by atoms with E-state index in [0.29, 0.717) is 11.4 Å². The predicted molar refractivity (Wildman–Crippen MR) is 56.2 cm³/mol. The molecule has 0 saturated heterocycles. The third-order valence-electron chi connectivity index (χ3n) is 2.17. The summed E-state index contributed by atoms with van der Waals surface area (Å²) < 4.78 is 41.2. The molecule has 0 fully saturated rings. The minimum absolute atomic E-state index is 0.192. The van der Waals surface area contributed by atoms with Crippen LogP contribution < -0.4 is 4.74 Å². The van der Waals surface area contributed by atoms with Crippen LogP contribution >= 0.6 is 0 Å². The summed E-state index contributed by atoms with van der Waals surface area (Å²) in [6.45, 7) is -0.192. The molecular formula is C11H9F3N2O2. The lowest BCUT2D eigenvalue weighted by Crippen LogP contribution is -2.17. The van der Waals surface area contributed by atoms with Gasteiger partial charge in [-0.3, -0.25) is 0 Å². The molecule has 1 N–H and O–H groups in total. The Kier molecular flexibility index (Phi) is 3.24. The van der Waals surface area contributed by atoms with E-state index in [2.05, 4.69) is 9.72 Å². The smallest absolute Gasteiger partial charge is 0.406 e. The molecule has 2 aromatic rings. The number of benzene rings is 1. The fraction of sp³-hybridized carbons (Fsp3) is 0.182. The Balaban J connectivity index is 2.17. The molecule has 0 bridgehead atoms. The van der Waals surface area contributed by atoms with E-state index in [9.17, 15) is 13.2 Å². The molecule has 0 aliphatic heterocycles. The van der Waals surface area contributed by atoms with Crippen LogP contribution in [0.3, 0.4) is 0 Å². The molecule has 1 aromatic carbocycles. The average molecular weight is 258 g/mol. The summed E-state index contributed by atoms with van der Waals surface area (Å²) >= 11 is 0. The van der Waals surface area contributed by atoms with Crippen molar-refractivity contribution in [3.8, 4) is 11.4 Å². The Morgan fingerprint density at radius 3 is 2.39 bits per heavy atom. The van der Waals surface area contributed by atoms with E-state index in [-0.39, 0.29) is 12.4 Å². The maximum atomic E-state index is 11.9. The highest BCUT2D eigenvalue weighted by Gasteiger charge is 2.30. The van der Waals surface area contributed by atoms with Gasteiger partial charge in [0.1, 0.15) is 5.75 Å². The van der Waals surface area contributed by atoms with Gasteiger partial charge in [0.2, 0.25) is 0 Å². The Hall–Kier alpha value is -2.02. The molecule has 0 aliphatic carbocycles. The van der Waals surface area contributed by atoms with Crippen molar-refractivity contribution in [3.05, 3.63) is 42.5 Å². The highest BCUT2D eigenvalue weighted by molar-refractivity contribution is 5.37. The van der Waals surface area contributed by atoms with Crippen LogP contribution in [0.15, 0.2) is 36.8 Å². The molecule has 0 saturated carbocycles. The van der Waals surface area contributed by atoms with E-state index >= 15 is 0 Å². The number of aliphatic hydroxyl groups is 1. The first-order valence-electron chi connectivity index (χ1n) is 4.98.